The fourth-order valence-electron chi connectivity index (χ4n) is 3.61. The first-order valence-corrected chi connectivity index (χ1v) is 11.5. The Morgan fingerprint density at radius 1 is 1.16 bits per heavy atom. The van der Waals surface area contributed by atoms with Crippen molar-refractivity contribution in [2.75, 3.05) is 6.61 Å². The summed E-state index contributed by atoms with van der Waals surface area (Å²) in [6.45, 7) is 4.73. The normalized spacial score (nSPS) is 15.1. The van der Waals surface area contributed by atoms with E-state index in [9.17, 15) is 13.2 Å². The van der Waals surface area contributed by atoms with E-state index in [1.807, 2.05) is 30.4 Å². The number of nitrogens with one attached hydrogen (secondary N) is 1. The molecular formula is C23H23N3O4S. The van der Waals surface area contributed by atoms with Crippen molar-refractivity contribution in [3.8, 4) is 17.0 Å². The van der Waals surface area contributed by atoms with E-state index in [0.29, 0.717) is 29.2 Å². The fourth-order valence-corrected chi connectivity index (χ4v) is 4.26. The summed E-state index contributed by atoms with van der Waals surface area (Å²) < 4.78 is 28.4. The Balaban J connectivity index is 1.72. The maximum atomic E-state index is 12.4. The lowest BCUT2D eigenvalue weighted by Crippen LogP contribution is -2.18. The monoisotopic (exact) mass is 437 g/mol. The van der Waals surface area contributed by atoms with Gasteiger partial charge >= 0.3 is 0 Å². The van der Waals surface area contributed by atoms with Gasteiger partial charge in [0.25, 0.3) is 5.56 Å². The van der Waals surface area contributed by atoms with Crippen molar-refractivity contribution in [1.29, 1.82) is 0 Å². The highest BCUT2D eigenvalue weighted by atomic mass is 32.2. The quantitative estimate of drug-likeness (QED) is 0.595. The number of nitrogens with zero attached hydrogens (tertiary/aromatic N) is 1. The Labute approximate surface area is 180 Å². The largest absolute Gasteiger partial charge is 0.492 e. The van der Waals surface area contributed by atoms with Gasteiger partial charge < -0.3 is 9.72 Å². The number of sulfonamides is 1. The number of fused-ring (bicyclic) bond motifs is 1. The topological polar surface area (TPSA) is 115 Å². The zero-order valence-electron chi connectivity index (χ0n) is 17.3. The summed E-state index contributed by atoms with van der Waals surface area (Å²) in [7, 11) is -3.56. The Kier molecular flexibility index (Phi) is 5.28. The van der Waals surface area contributed by atoms with E-state index in [-0.39, 0.29) is 16.7 Å². The molecule has 3 N–H and O–H groups in total. The molecule has 3 aromatic rings. The minimum atomic E-state index is -3.56. The van der Waals surface area contributed by atoms with Crippen molar-refractivity contribution in [1.82, 2.24) is 9.97 Å². The molecular weight excluding hydrogens is 414 g/mol. The lowest BCUT2D eigenvalue weighted by Gasteiger charge is -2.16. The third-order valence-corrected chi connectivity index (χ3v) is 5.93. The molecule has 1 aromatic heterocycles. The van der Waals surface area contributed by atoms with Crippen LogP contribution in [-0.2, 0) is 21.2 Å². The standard InChI is InChI=1S/C23H23N3O4S/c1-23(2)14-30-21-18(20-22(27)26-10-9-25-20)11-17(12-19(21)23)8-5-15-3-6-16(7-4-15)13-31(24,28)29/h3-12H,13-14H2,1-2H3,(H,26,27)(H2,24,28,29). The zero-order chi connectivity index (χ0) is 22.2. The number of ether oxygens (including phenoxy) is 1. The third-order valence-electron chi connectivity index (χ3n) is 5.20. The smallest absolute Gasteiger partial charge is 0.274 e. The summed E-state index contributed by atoms with van der Waals surface area (Å²) in [6, 6.07) is 11.1. The Morgan fingerprint density at radius 2 is 1.87 bits per heavy atom. The highest BCUT2D eigenvalue weighted by molar-refractivity contribution is 7.88. The molecule has 0 bridgehead atoms. The van der Waals surface area contributed by atoms with Crippen LogP contribution >= 0.6 is 0 Å². The molecule has 0 saturated carbocycles. The molecule has 1 aliphatic rings. The van der Waals surface area contributed by atoms with Crippen LogP contribution in [0.1, 0.15) is 36.1 Å². The van der Waals surface area contributed by atoms with Crippen molar-refractivity contribution < 1.29 is 13.2 Å². The summed E-state index contributed by atoms with van der Waals surface area (Å²) in [5, 5.41) is 5.10. The number of hydrogen-bond acceptors (Lipinski definition) is 5. The number of aromatic nitrogens is 2. The maximum absolute atomic E-state index is 12.4. The number of hydrogen-bond donors (Lipinski definition) is 2. The van der Waals surface area contributed by atoms with Gasteiger partial charge in [-0.25, -0.2) is 18.5 Å². The van der Waals surface area contributed by atoms with Gasteiger partial charge in [0.05, 0.1) is 12.4 Å². The van der Waals surface area contributed by atoms with Crippen LogP contribution in [-0.4, -0.2) is 25.0 Å². The molecule has 0 unspecified atom stereocenters. The predicted octanol–water partition coefficient (Wildman–Crippen LogP) is 3.07. The van der Waals surface area contributed by atoms with Crippen LogP contribution in [0.4, 0.5) is 0 Å². The van der Waals surface area contributed by atoms with Crippen molar-refractivity contribution in [3.05, 3.63) is 81.4 Å². The second kappa shape index (κ2) is 7.79. The van der Waals surface area contributed by atoms with E-state index in [0.717, 1.165) is 16.7 Å². The van der Waals surface area contributed by atoms with Gasteiger partial charge in [-0.05, 0) is 28.8 Å². The van der Waals surface area contributed by atoms with Gasteiger partial charge in [-0.3, -0.25) is 4.79 Å². The number of nitrogens with two attached hydrogens (primary N) is 1. The van der Waals surface area contributed by atoms with Crippen LogP contribution in [0.25, 0.3) is 23.4 Å². The van der Waals surface area contributed by atoms with Gasteiger partial charge in [-0.15, -0.1) is 0 Å². The van der Waals surface area contributed by atoms with E-state index in [4.69, 9.17) is 9.88 Å². The molecule has 160 valence electrons. The summed E-state index contributed by atoms with van der Waals surface area (Å²) in [6.07, 6.45) is 6.93. The van der Waals surface area contributed by atoms with Crippen LogP contribution in [0, 0.1) is 0 Å². The molecule has 0 atom stereocenters. The second-order valence-corrected chi connectivity index (χ2v) is 9.88. The Morgan fingerprint density at radius 3 is 2.55 bits per heavy atom. The highest BCUT2D eigenvalue weighted by Crippen LogP contribution is 2.44. The summed E-state index contributed by atoms with van der Waals surface area (Å²) in [4.78, 5) is 19.3. The van der Waals surface area contributed by atoms with Crippen molar-refractivity contribution in [2.24, 2.45) is 5.14 Å². The van der Waals surface area contributed by atoms with Crippen LogP contribution in [0.3, 0.4) is 0 Å². The van der Waals surface area contributed by atoms with Gasteiger partial charge in [-0.2, -0.15) is 0 Å². The molecule has 4 rings (SSSR count). The SMILES string of the molecule is CC1(C)COc2c(-c3ncc[nH]c3=O)cc(C=Cc3ccc(CS(N)(=O)=O)cc3)cc21. The Bertz CT molecular complexity index is 1320. The molecule has 0 aliphatic carbocycles. The van der Waals surface area contributed by atoms with Crippen molar-refractivity contribution in [3.63, 3.8) is 0 Å². The van der Waals surface area contributed by atoms with Gasteiger partial charge in [0.15, 0.2) is 0 Å². The number of H-pyrrole nitrogens is 1. The molecule has 2 heterocycles. The molecule has 2 aromatic carbocycles. The average molecular weight is 438 g/mol. The molecule has 0 spiro atoms. The van der Waals surface area contributed by atoms with Crippen LogP contribution in [0.2, 0.25) is 0 Å². The zero-order valence-corrected chi connectivity index (χ0v) is 18.1. The summed E-state index contributed by atoms with van der Waals surface area (Å²) in [5.74, 6) is 0.498. The van der Waals surface area contributed by atoms with E-state index in [2.05, 4.69) is 29.9 Å². The molecule has 8 heteroatoms. The van der Waals surface area contributed by atoms with Crippen LogP contribution in [0.5, 0.6) is 5.75 Å². The van der Waals surface area contributed by atoms with E-state index in [1.54, 1.807) is 18.3 Å². The molecule has 0 amide bonds. The highest BCUT2D eigenvalue weighted by Gasteiger charge is 2.34. The van der Waals surface area contributed by atoms with E-state index >= 15 is 0 Å². The molecule has 7 nitrogen and oxygen atoms in total. The van der Waals surface area contributed by atoms with Gasteiger partial charge in [-0.1, -0.05) is 50.3 Å². The molecule has 1 aliphatic heterocycles. The average Bonchev–Trinajstić information content (AvgIpc) is 3.01. The predicted molar refractivity (Wildman–Crippen MR) is 121 cm³/mol. The van der Waals surface area contributed by atoms with Gasteiger partial charge in [0.2, 0.25) is 10.0 Å². The number of aromatic amines is 1. The molecule has 0 saturated heterocycles. The first-order valence-electron chi connectivity index (χ1n) is 9.75. The lowest BCUT2D eigenvalue weighted by molar-refractivity contribution is 0.291. The second-order valence-electron chi connectivity index (χ2n) is 8.27. The van der Waals surface area contributed by atoms with E-state index in [1.165, 1.54) is 6.20 Å². The minimum absolute atomic E-state index is 0.190. The van der Waals surface area contributed by atoms with Crippen molar-refractivity contribution >= 4 is 22.2 Å². The first-order chi connectivity index (χ1) is 14.6. The molecule has 31 heavy (non-hydrogen) atoms. The molecule has 0 radical (unpaired) electrons. The number of primary sulfonamides is 1. The molecule has 0 fully saturated rings. The first kappa shape index (κ1) is 21.0. The summed E-state index contributed by atoms with van der Waals surface area (Å²) in [5.41, 5.74) is 3.99. The fraction of sp³-hybridized carbons (Fsp3) is 0.217. The van der Waals surface area contributed by atoms with Crippen molar-refractivity contribution in [2.45, 2.75) is 25.0 Å². The van der Waals surface area contributed by atoms with E-state index < -0.39 is 10.0 Å². The van der Waals surface area contributed by atoms with Crippen LogP contribution < -0.4 is 15.4 Å². The van der Waals surface area contributed by atoms with Gasteiger partial charge in [0, 0.05) is 28.9 Å². The minimum Gasteiger partial charge on any atom is -0.492 e. The maximum Gasteiger partial charge on any atom is 0.274 e. The van der Waals surface area contributed by atoms with Gasteiger partial charge in [0.1, 0.15) is 11.4 Å². The lowest BCUT2D eigenvalue weighted by atomic mass is 9.84. The number of benzene rings is 2. The number of rotatable bonds is 5. The van der Waals surface area contributed by atoms with Crippen LogP contribution in [0.15, 0.2) is 53.6 Å². The third kappa shape index (κ3) is 4.60. The Hall–Kier alpha value is -3.23. The summed E-state index contributed by atoms with van der Waals surface area (Å²) >= 11 is 0.